The predicted molar refractivity (Wildman–Crippen MR) is 113 cm³/mol. The Hall–Kier alpha value is -3.61. The van der Waals surface area contributed by atoms with Crippen molar-refractivity contribution in [2.45, 2.75) is 32.0 Å². The molecule has 7 nitrogen and oxygen atoms in total. The van der Waals surface area contributed by atoms with Crippen molar-refractivity contribution in [2.75, 3.05) is 12.4 Å². The molecule has 2 aliphatic rings. The van der Waals surface area contributed by atoms with E-state index in [2.05, 4.69) is 10.6 Å². The number of fused-ring (bicyclic) bond motifs is 1. The second kappa shape index (κ2) is 8.02. The summed E-state index contributed by atoms with van der Waals surface area (Å²) in [7, 11) is 1.74. The van der Waals surface area contributed by atoms with Gasteiger partial charge in [-0.2, -0.15) is 0 Å². The Balaban J connectivity index is 1.53. The fourth-order valence-electron chi connectivity index (χ4n) is 3.99. The van der Waals surface area contributed by atoms with Gasteiger partial charge in [0.2, 0.25) is 0 Å². The van der Waals surface area contributed by atoms with Gasteiger partial charge in [-0.05, 0) is 23.6 Å². The molecular weight excluding hydrogens is 380 g/mol. The SMILES string of the molecule is CCc1ccccc1NC(=O)C1=CN(C)C2C(=O)N(Cc3ccccc3)C(=O)NC12. The maximum atomic E-state index is 13.1. The number of hydrogen-bond acceptors (Lipinski definition) is 4. The zero-order chi connectivity index (χ0) is 21.3. The van der Waals surface area contributed by atoms with E-state index in [1.165, 1.54) is 4.90 Å². The van der Waals surface area contributed by atoms with E-state index < -0.39 is 18.1 Å². The third-order valence-corrected chi connectivity index (χ3v) is 5.57. The number of rotatable bonds is 5. The standard InChI is InChI=1S/C23H24N4O3/c1-3-16-11-7-8-12-18(16)24-21(28)17-14-26(2)20-19(17)25-23(30)27(22(20)29)13-15-9-5-4-6-10-15/h4-12,14,19-20H,3,13H2,1-2H3,(H,24,28)(H,25,30). The number of benzene rings is 2. The van der Waals surface area contributed by atoms with Crippen molar-refractivity contribution in [1.82, 2.24) is 15.1 Å². The second-order valence-corrected chi connectivity index (χ2v) is 7.50. The van der Waals surface area contributed by atoms with Crippen molar-refractivity contribution in [3.63, 3.8) is 0 Å². The van der Waals surface area contributed by atoms with E-state index >= 15 is 0 Å². The minimum atomic E-state index is -0.684. The minimum absolute atomic E-state index is 0.188. The lowest BCUT2D eigenvalue weighted by Gasteiger charge is -2.37. The Bertz CT molecular complexity index is 1020. The van der Waals surface area contributed by atoms with Gasteiger partial charge in [-0.25, -0.2) is 4.79 Å². The molecule has 1 saturated heterocycles. The van der Waals surface area contributed by atoms with Crippen molar-refractivity contribution in [3.8, 4) is 0 Å². The second-order valence-electron chi connectivity index (χ2n) is 7.50. The number of anilines is 1. The van der Waals surface area contributed by atoms with Crippen LogP contribution in [0.2, 0.25) is 0 Å². The van der Waals surface area contributed by atoms with Crippen LogP contribution in [0.1, 0.15) is 18.1 Å². The van der Waals surface area contributed by atoms with Crippen molar-refractivity contribution in [1.29, 1.82) is 0 Å². The monoisotopic (exact) mass is 404 g/mol. The number of aryl methyl sites for hydroxylation is 1. The molecule has 2 unspecified atom stereocenters. The lowest BCUT2D eigenvalue weighted by atomic mass is 9.98. The van der Waals surface area contributed by atoms with Crippen LogP contribution >= 0.6 is 0 Å². The number of carbonyl (C=O) groups excluding carboxylic acids is 3. The van der Waals surface area contributed by atoms with Crippen LogP contribution in [0.3, 0.4) is 0 Å². The normalized spacial score (nSPS) is 20.5. The number of urea groups is 1. The van der Waals surface area contributed by atoms with Crippen molar-refractivity contribution < 1.29 is 14.4 Å². The highest BCUT2D eigenvalue weighted by molar-refractivity contribution is 6.09. The molecule has 30 heavy (non-hydrogen) atoms. The molecule has 2 heterocycles. The summed E-state index contributed by atoms with van der Waals surface area (Å²) in [4.78, 5) is 41.7. The van der Waals surface area contributed by atoms with Gasteiger partial charge in [-0.15, -0.1) is 0 Å². The zero-order valence-corrected chi connectivity index (χ0v) is 17.0. The van der Waals surface area contributed by atoms with Gasteiger partial charge in [-0.1, -0.05) is 55.5 Å². The fraction of sp³-hybridized carbons (Fsp3) is 0.261. The van der Waals surface area contributed by atoms with Crippen LogP contribution in [0.15, 0.2) is 66.4 Å². The summed E-state index contributed by atoms with van der Waals surface area (Å²) in [6.07, 6.45) is 2.43. The van der Waals surface area contributed by atoms with E-state index in [-0.39, 0.29) is 18.4 Å². The first-order valence-corrected chi connectivity index (χ1v) is 9.98. The molecule has 1 fully saturated rings. The van der Waals surface area contributed by atoms with Crippen LogP contribution in [0, 0.1) is 0 Å². The van der Waals surface area contributed by atoms with E-state index in [1.54, 1.807) is 18.1 Å². The van der Waals surface area contributed by atoms with Gasteiger partial charge < -0.3 is 15.5 Å². The molecule has 2 atom stereocenters. The van der Waals surface area contributed by atoms with E-state index in [0.29, 0.717) is 5.57 Å². The third-order valence-electron chi connectivity index (χ3n) is 5.57. The van der Waals surface area contributed by atoms with Crippen LogP contribution in [-0.4, -0.2) is 46.8 Å². The highest BCUT2D eigenvalue weighted by atomic mass is 16.2. The molecule has 2 aliphatic heterocycles. The number of imide groups is 1. The van der Waals surface area contributed by atoms with E-state index in [1.807, 2.05) is 61.5 Å². The van der Waals surface area contributed by atoms with Gasteiger partial charge in [0, 0.05) is 18.9 Å². The van der Waals surface area contributed by atoms with Gasteiger partial charge in [0.25, 0.3) is 11.8 Å². The molecule has 0 bridgehead atoms. The molecule has 154 valence electrons. The highest BCUT2D eigenvalue weighted by Crippen LogP contribution is 2.28. The van der Waals surface area contributed by atoms with Crippen LogP contribution in [0.5, 0.6) is 0 Å². The van der Waals surface area contributed by atoms with E-state index in [9.17, 15) is 14.4 Å². The number of para-hydroxylation sites is 1. The summed E-state index contributed by atoms with van der Waals surface area (Å²) in [5.41, 5.74) is 2.99. The van der Waals surface area contributed by atoms with E-state index in [0.717, 1.165) is 23.2 Å². The summed E-state index contributed by atoms with van der Waals surface area (Å²) in [5, 5.41) is 5.78. The smallest absolute Gasteiger partial charge is 0.325 e. The summed E-state index contributed by atoms with van der Waals surface area (Å²) in [5.74, 6) is -0.636. The van der Waals surface area contributed by atoms with Gasteiger partial charge in [0.05, 0.1) is 18.2 Å². The van der Waals surface area contributed by atoms with Crippen LogP contribution in [0.4, 0.5) is 10.5 Å². The van der Waals surface area contributed by atoms with Crippen molar-refractivity contribution in [3.05, 3.63) is 77.5 Å². The average molecular weight is 404 g/mol. The molecule has 0 saturated carbocycles. The van der Waals surface area contributed by atoms with Gasteiger partial charge >= 0.3 is 6.03 Å². The lowest BCUT2D eigenvalue weighted by molar-refractivity contribution is -0.134. The van der Waals surface area contributed by atoms with Gasteiger partial charge in [0.15, 0.2) is 0 Å². The number of amides is 4. The Labute approximate surface area is 175 Å². The first kappa shape index (κ1) is 19.7. The van der Waals surface area contributed by atoms with Gasteiger partial charge in [0.1, 0.15) is 6.04 Å². The largest absolute Gasteiger partial charge is 0.366 e. The maximum absolute atomic E-state index is 13.1. The molecule has 2 aromatic carbocycles. The molecule has 0 aromatic heterocycles. The number of hydrogen-bond donors (Lipinski definition) is 2. The Morgan fingerprint density at radius 1 is 1.07 bits per heavy atom. The topological polar surface area (TPSA) is 81.8 Å². The maximum Gasteiger partial charge on any atom is 0.325 e. The summed E-state index contributed by atoms with van der Waals surface area (Å²) >= 11 is 0. The summed E-state index contributed by atoms with van der Waals surface area (Å²) in [6.45, 7) is 2.21. The molecule has 7 heteroatoms. The Kier molecular flexibility index (Phi) is 5.27. The number of likely N-dealkylation sites (N-methyl/N-ethyl adjacent to an activating group) is 1. The lowest BCUT2D eigenvalue weighted by Crippen LogP contribution is -2.64. The quantitative estimate of drug-likeness (QED) is 0.802. The minimum Gasteiger partial charge on any atom is -0.366 e. The zero-order valence-electron chi connectivity index (χ0n) is 17.0. The van der Waals surface area contributed by atoms with Crippen LogP contribution in [-0.2, 0) is 22.6 Å². The van der Waals surface area contributed by atoms with Gasteiger partial charge in [-0.3, -0.25) is 14.5 Å². The molecular formula is C23H24N4O3. The molecule has 4 rings (SSSR count). The van der Waals surface area contributed by atoms with Crippen LogP contribution < -0.4 is 10.6 Å². The fourth-order valence-corrected chi connectivity index (χ4v) is 3.99. The number of carbonyl (C=O) groups is 3. The first-order chi connectivity index (χ1) is 14.5. The third kappa shape index (κ3) is 3.54. The molecule has 0 aliphatic carbocycles. The summed E-state index contributed by atoms with van der Waals surface area (Å²) < 4.78 is 0. The van der Waals surface area contributed by atoms with Crippen molar-refractivity contribution >= 4 is 23.5 Å². The molecule has 0 spiro atoms. The predicted octanol–water partition coefficient (Wildman–Crippen LogP) is 2.51. The number of nitrogens with zero attached hydrogens (tertiary/aromatic N) is 2. The van der Waals surface area contributed by atoms with E-state index in [4.69, 9.17) is 0 Å². The summed E-state index contributed by atoms with van der Waals surface area (Å²) in [6, 6.07) is 15.1. The van der Waals surface area contributed by atoms with Crippen molar-refractivity contribution in [2.24, 2.45) is 0 Å². The molecule has 2 aromatic rings. The van der Waals surface area contributed by atoms with Crippen LogP contribution in [0.25, 0.3) is 0 Å². The number of nitrogens with one attached hydrogen (secondary N) is 2. The molecule has 2 N–H and O–H groups in total. The highest BCUT2D eigenvalue weighted by Gasteiger charge is 2.49. The first-order valence-electron chi connectivity index (χ1n) is 9.98. The Morgan fingerprint density at radius 2 is 1.77 bits per heavy atom. The molecule has 0 radical (unpaired) electrons. The molecule has 4 amide bonds. The Morgan fingerprint density at radius 3 is 2.50 bits per heavy atom. The average Bonchev–Trinajstić information content (AvgIpc) is 3.08.